The van der Waals surface area contributed by atoms with E-state index in [2.05, 4.69) is 5.32 Å². The molecule has 10 heteroatoms. The van der Waals surface area contributed by atoms with E-state index in [9.17, 15) is 23.3 Å². The fourth-order valence-electron chi connectivity index (χ4n) is 2.11. The summed E-state index contributed by atoms with van der Waals surface area (Å²) in [5.74, 6) is -0.590. The Labute approximate surface area is 147 Å². The van der Waals surface area contributed by atoms with E-state index in [1.165, 1.54) is 0 Å². The fraction of sp³-hybridized carbons (Fsp3) is 0.500. The topological polar surface area (TPSA) is 132 Å². The Morgan fingerprint density at radius 2 is 1.83 bits per heavy atom. The smallest absolute Gasteiger partial charge is 0.271 e. The molecule has 0 aromatic heterocycles. The molecular weight excluding hydrogens is 358 g/mol. The van der Waals surface area contributed by atoms with Gasteiger partial charge in [0.05, 0.1) is 15.4 Å². The second-order valence-electron chi connectivity index (χ2n) is 5.39. The number of benzene rings is 1. The number of non-ortho nitro benzene ring substituents is 1. The molecular formula is C14H22ClN3O5S. The minimum atomic E-state index is -3.68. The molecule has 0 atom stereocenters. The molecule has 1 amide bonds. The average Bonchev–Trinajstić information content (AvgIpc) is 2.51. The number of hydrogen-bond acceptors (Lipinski definition) is 6. The third kappa shape index (κ3) is 5.15. The molecule has 0 saturated heterocycles. The lowest BCUT2D eigenvalue weighted by atomic mass is 9.92. The van der Waals surface area contributed by atoms with Crippen LogP contribution in [-0.4, -0.2) is 37.6 Å². The summed E-state index contributed by atoms with van der Waals surface area (Å²) < 4.78 is 23.3. The van der Waals surface area contributed by atoms with Crippen molar-refractivity contribution < 1.29 is 18.1 Å². The SMILES string of the molecule is CCC(CC)(CN)NC(=O)c1cc([N+](=O)[O-])cc(S(C)(=O)=O)c1.Cl. The van der Waals surface area contributed by atoms with Gasteiger partial charge in [0.2, 0.25) is 0 Å². The van der Waals surface area contributed by atoms with E-state index < -0.39 is 31.9 Å². The predicted octanol–water partition coefficient (Wildman–Crippen LogP) is 1.67. The minimum Gasteiger partial charge on any atom is -0.345 e. The van der Waals surface area contributed by atoms with Crippen LogP contribution in [0.3, 0.4) is 0 Å². The molecule has 0 bridgehead atoms. The summed E-state index contributed by atoms with van der Waals surface area (Å²) in [4.78, 5) is 22.4. The summed E-state index contributed by atoms with van der Waals surface area (Å²) in [5, 5.41) is 13.7. The Morgan fingerprint density at radius 3 is 2.21 bits per heavy atom. The Hall–Kier alpha value is -1.71. The summed E-state index contributed by atoms with van der Waals surface area (Å²) >= 11 is 0. The zero-order chi connectivity index (χ0) is 17.8. The van der Waals surface area contributed by atoms with Gasteiger partial charge >= 0.3 is 0 Å². The lowest BCUT2D eigenvalue weighted by Crippen LogP contribution is -2.52. The van der Waals surface area contributed by atoms with Gasteiger partial charge < -0.3 is 11.1 Å². The lowest BCUT2D eigenvalue weighted by molar-refractivity contribution is -0.385. The third-order valence-electron chi connectivity index (χ3n) is 3.92. The van der Waals surface area contributed by atoms with Crippen LogP contribution in [-0.2, 0) is 9.84 Å². The zero-order valence-electron chi connectivity index (χ0n) is 13.7. The molecule has 0 aliphatic rings. The molecule has 0 aliphatic carbocycles. The van der Waals surface area contributed by atoms with E-state index in [1.807, 2.05) is 13.8 Å². The van der Waals surface area contributed by atoms with Crippen molar-refractivity contribution >= 4 is 33.8 Å². The van der Waals surface area contributed by atoms with Crippen LogP contribution >= 0.6 is 12.4 Å². The normalized spacial score (nSPS) is 11.5. The van der Waals surface area contributed by atoms with Crippen molar-refractivity contribution in [3.63, 3.8) is 0 Å². The molecule has 0 heterocycles. The van der Waals surface area contributed by atoms with Crippen molar-refractivity contribution in [2.75, 3.05) is 12.8 Å². The van der Waals surface area contributed by atoms with Crippen LogP contribution < -0.4 is 11.1 Å². The molecule has 1 aromatic carbocycles. The second kappa shape index (κ2) is 8.41. The summed E-state index contributed by atoms with van der Waals surface area (Å²) in [6.45, 7) is 3.94. The number of nitro benzene ring substituents is 1. The van der Waals surface area contributed by atoms with E-state index in [1.54, 1.807) is 0 Å². The van der Waals surface area contributed by atoms with Crippen molar-refractivity contribution in [3.05, 3.63) is 33.9 Å². The first-order valence-electron chi connectivity index (χ1n) is 7.10. The van der Waals surface area contributed by atoms with Gasteiger partial charge in [-0.2, -0.15) is 0 Å². The second-order valence-corrected chi connectivity index (χ2v) is 7.41. The monoisotopic (exact) mass is 379 g/mol. The maximum Gasteiger partial charge on any atom is 0.271 e. The van der Waals surface area contributed by atoms with Crippen LogP contribution in [0.5, 0.6) is 0 Å². The van der Waals surface area contributed by atoms with Gasteiger partial charge in [0.15, 0.2) is 9.84 Å². The van der Waals surface area contributed by atoms with E-state index in [4.69, 9.17) is 5.73 Å². The summed E-state index contributed by atoms with van der Waals surface area (Å²) in [6.07, 6.45) is 2.09. The Balaban J connectivity index is 0.00000529. The van der Waals surface area contributed by atoms with Crippen molar-refractivity contribution in [1.82, 2.24) is 5.32 Å². The van der Waals surface area contributed by atoms with E-state index in [-0.39, 0.29) is 29.4 Å². The van der Waals surface area contributed by atoms with E-state index in [0.717, 1.165) is 24.5 Å². The van der Waals surface area contributed by atoms with Crippen LogP contribution in [0.25, 0.3) is 0 Å². The molecule has 0 radical (unpaired) electrons. The van der Waals surface area contributed by atoms with Crippen molar-refractivity contribution in [3.8, 4) is 0 Å². The van der Waals surface area contributed by atoms with E-state index in [0.29, 0.717) is 12.8 Å². The van der Waals surface area contributed by atoms with Crippen LogP contribution in [0, 0.1) is 10.1 Å². The molecule has 24 heavy (non-hydrogen) atoms. The molecule has 8 nitrogen and oxygen atoms in total. The zero-order valence-corrected chi connectivity index (χ0v) is 15.4. The molecule has 0 spiro atoms. The minimum absolute atomic E-state index is 0. The van der Waals surface area contributed by atoms with Crippen LogP contribution in [0.15, 0.2) is 23.1 Å². The quantitative estimate of drug-likeness (QED) is 0.546. The summed E-state index contributed by atoms with van der Waals surface area (Å²) in [5.41, 5.74) is 4.54. The van der Waals surface area contributed by atoms with Crippen molar-refractivity contribution in [1.29, 1.82) is 0 Å². The number of rotatable bonds is 7. The Kier molecular flexibility index (Phi) is 7.81. The fourth-order valence-corrected chi connectivity index (χ4v) is 2.79. The first-order valence-corrected chi connectivity index (χ1v) is 9.00. The van der Waals surface area contributed by atoms with Crippen LogP contribution in [0.2, 0.25) is 0 Å². The maximum atomic E-state index is 12.4. The van der Waals surface area contributed by atoms with E-state index >= 15 is 0 Å². The maximum absolute atomic E-state index is 12.4. The Morgan fingerprint density at radius 1 is 1.29 bits per heavy atom. The highest BCUT2D eigenvalue weighted by atomic mass is 35.5. The number of hydrogen-bond donors (Lipinski definition) is 2. The highest BCUT2D eigenvalue weighted by Crippen LogP contribution is 2.22. The molecule has 1 rings (SSSR count). The van der Waals surface area contributed by atoms with Crippen molar-refractivity contribution in [2.45, 2.75) is 37.1 Å². The van der Waals surface area contributed by atoms with Gasteiger partial charge in [0, 0.05) is 30.5 Å². The lowest BCUT2D eigenvalue weighted by Gasteiger charge is -2.31. The average molecular weight is 380 g/mol. The molecule has 136 valence electrons. The summed E-state index contributed by atoms with van der Waals surface area (Å²) in [6, 6.07) is 3.11. The number of carbonyl (C=O) groups excluding carboxylic acids is 1. The van der Waals surface area contributed by atoms with Crippen LogP contribution in [0.4, 0.5) is 5.69 Å². The van der Waals surface area contributed by atoms with Gasteiger partial charge in [0.1, 0.15) is 0 Å². The number of halogens is 1. The van der Waals surface area contributed by atoms with Gasteiger partial charge in [0.25, 0.3) is 11.6 Å². The molecule has 0 aliphatic heterocycles. The van der Waals surface area contributed by atoms with Gasteiger partial charge in [-0.3, -0.25) is 14.9 Å². The number of amides is 1. The van der Waals surface area contributed by atoms with Gasteiger partial charge in [-0.05, 0) is 18.9 Å². The highest BCUT2D eigenvalue weighted by Gasteiger charge is 2.28. The number of carbonyl (C=O) groups is 1. The van der Waals surface area contributed by atoms with Crippen LogP contribution in [0.1, 0.15) is 37.0 Å². The first kappa shape index (κ1) is 22.3. The molecule has 0 fully saturated rings. The predicted molar refractivity (Wildman–Crippen MR) is 93.3 cm³/mol. The van der Waals surface area contributed by atoms with Gasteiger partial charge in [-0.25, -0.2) is 8.42 Å². The number of nitrogens with one attached hydrogen (secondary N) is 1. The summed E-state index contributed by atoms with van der Waals surface area (Å²) in [7, 11) is -3.68. The molecule has 0 unspecified atom stereocenters. The highest BCUT2D eigenvalue weighted by molar-refractivity contribution is 7.90. The van der Waals surface area contributed by atoms with Gasteiger partial charge in [-0.1, -0.05) is 13.8 Å². The number of nitrogens with two attached hydrogens (primary N) is 1. The molecule has 3 N–H and O–H groups in total. The standard InChI is InChI=1S/C14H21N3O5S.ClH/c1-4-14(5-2,9-15)16-13(18)10-6-11(17(19)20)8-12(7-10)23(3,21)22;/h6-8H,4-5,9,15H2,1-3H3,(H,16,18);1H. The van der Waals surface area contributed by atoms with Gasteiger partial charge in [-0.15, -0.1) is 12.4 Å². The largest absolute Gasteiger partial charge is 0.345 e. The number of nitro groups is 1. The molecule has 1 aromatic rings. The van der Waals surface area contributed by atoms with Crippen molar-refractivity contribution in [2.24, 2.45) is 5.73 Å². The molecule has 0 saturated carbocycles. The number of nitrogens with zero attached hydrogens (tertiary/aromatic N) is 1. The number of sulfone groups is 1. The third-order valence-corrected chi connectivity index (χ3v) is 5.01. The Bertz CT molecular complexity index is 709. The first-order chi connectivity index (χ1) is 10.6.